The first-order valence-corrected chi connectivity index (χ1v) is 7.31. The fourth-order valence-corrected chi connectivity index (χ4v) is 2.47. The predicted molar refractivity (Wildman–Crippen MR) is 87.0 cm³/mol. The van der Waals surface area contributed by atoms with Crippen molar-refractivity contribution in [3.8, 4) is 5.75 Å². The van der Waals surface area contributed by atoms with Crippen LogP contribution in [-0.2, 0) is 13.7 Å². The van der Waals surface area contributed by atoms with E-state index in [0.717, 1.165) is 32.7 Å². The van der Waals surface area contributed by atoms with Gasteiger partial charge in [-0.15, -0.1) is 0 Å². The Morgan fingerprint density at radius 3 is 2.70 bits per heavy atom. The number of benzene rings is 1. The van der Waals surface area contributed by atoms with Gasteiger partial charge in [-0.25, -0.2) is 0 Å². The summed E-state index contributed by atoms with van der Waals surface area (Å²) in [5.41, 5.74) is 9.43. The largest absolute Gasteiger partial charge is 0.487 e. The molecule has 0 bridgehead atoms. The second-order valence-corrected chi connectivity index (χ2v) is 5.84. The molecule has 2 N–H and O–H groups in total. The van der Waals surface area contributed by atoms with E-state index in [1.165, 1.54) is 0 Å². The molecule has 0 saturated carbocycles. The standard InChI is InChI=1S/C14H16BrN3OS/c1-8-4-5-10(14(16)20)6-12(8)19-7-11-13(15)9(2)17-18(11)3/h4-6H,7H2,1-3H3,(H2,16,20). The van der Waals surface area contributed by atoms with E-state index in [-0.39, 0.29) is 0 Å². The minimum atomic E-state index is 0.368. The summed E-state index contributed by atoms with van der Waals surface area (Å²) in [6.45, 7) is 4.37. The summed E-state index contributed by atoms with van der Waals surface area (Å²) in [4.78, 5) is 0.368. The minimum absolute atomic E-state index is 0.368. The van der Waals surface area contributed by atoms with Crippen LogP contribution in [0.5, 0.6) is 5.75 Å². The van der Waals surface area contributed by atoms with E-state index in [1.54, 1.807) is 0 Å². The van der Waals surface area contributed by atoms with Crippen LogP contribution < -0.4 is 10.5 Å². The molecular weight excluding hydrogens is 338 g/mol. The maximum Gasteiger partial charge on any atom is 0.131 e. The Kier molecular flexibility index (Phi) is 4.45. The second kappa shape index (κ2) is 5.93. The van der Waals surface area contributed by atoms with E-state index >= 15 is 0 Å². The molecule has 106 valence electrons. The number of nitrogens with two attached hydrogens (primary N) is 1. The minimum Gasteiger partial charge on any atom is -0.487 e. The van der Waals surface area contributed by atoms with Crippen LogP contribution in [0.1, 0.15) is 22.5 Å². The molecule has 0 spiro atoms. The van der Waals surface area contributed by atoms with Crippen molar-refractivity contribution in [1.82, 2.24) is 9.78 Å². The number of halogens is 1. The van der Waals surface area contributed by atoms with Gasteiger partial charge in [0.15, 0.2) is 0 Å². The number of nitrogens with zero attached hydrogens (tertiary/aromatic N) is 2. The smallest absolute Gasteiger partial charge is 0.131 e. The summed E-state index contributed by atoms with van der Waals surface area (Å²) < 4.78 is 8.67. The molecule has 0 amide bonds. The van der Waals surface area contributed by atoms with Crippen LogP contribution in [0.15, 0.2) is 22.7 Å². The summed E-state index contributed by atoms with van der Waals surface area (Å²) in [5, 5.41) is 4.34. The maximum atomic E-state index is 5.88. The Hall–Kier alpha value is -1.40. The van der Waals surface area contributed by atoms with Crippen LogP contribution in [0.4, 0.5) is 0 Å². The first-order chi connectivity index (χ1) is 9.40. The lowest BCUT2D eigenvalue weighted by atomic mass is 10.1. The molecule has 0 aliphatic rings. The van der Waals surface area contributed by atoms with Gasteiger partial charge in [0.25, 0.3) is 0 Å². The Balaban J connectivity index is 2.22. The third-order valence-electron chi connectivity index (χ3n) is 3.10. The molecule has 20 heavy (non-hydrogen) atoms. The molecule has 1 heterocycles. The highest BCUT2D eigenvalue weighted by Gasteiger charge is 2.12. The van der Waals surface area contributed by atoms with Gasteiger partial charge in [0.2, 0.25) is 0 Å². The van der Waals surface area contributed by atoms with Crippen molar-refractivity contribution in [2.75, 3.05) is 0 Å². The summed E-state index contributed by atoms with van der Waals surface area (Å²) in [7, 11) is 1.90. The average Bonchev–Trinajstić information content (AvgIpc) is 2.63. The second-order valence-electron chi connectivity index (χ2n) is 4.60. The number of rotatable bonds is 4. The molecule has 0 fully saturated rings. The first kappa shape index (κ1) is 15.0. The lowest BCUT2D eigenvalue weighted by Gasteiger charge is -2.11. The highest BCUT2D eigenvalue weighted by molar-refractivity contribution is 9.10. The Labute approximate surface area is 132 Å². The van der Waals surface area contributed by atoms with Gasteiger partial charge in [0.1, 0.15) is 17.3 Å². The molecule has 0 radical (unpaired) electrons. The van der Waals surface area contributed by atoms with Crippen molar-refractivity contribution >= 4 is 33.1 Å². The molecule has 1 aromatic carbocycles. The van der Waals surface area contributed by atoms with Crippen LogP contribution in [0, 0.1) is 13.8 Å². The Morgan fingerprint density at radius 1 is 1.45 bits per heavy atom. The molecule has 1 aromatic heterocycles. The quantitative estimate of drug-likeness (QED) is 0.858. The third-order valence-corrected chi connectivity index (χ3v) is 4.37. The van der Waals surface area contributed by atoms with Gasteiger partial charge >= 0.3 is 0 Å². The zero-order chi connectivity index (χ0) is 14.9. The van der Waals surface area contributed by atoms with Crippen molar-refractivity contribution < 1.29 is 4.74 Å². The van der Waals surface area contributed by atoms with Crippen molar-refractivity contribution in [3.63, 3.8) is 0 Å². The maximum absolute atomic E-state index is 5.88. The van der Waals surface area contributed by atoms with E-state index in [1.807, 2.05) is 43.8 Å². The number of aryl methyl sites for hydroxylation is 3. The topological polar surface area (TPSA) is 53.1 Å². The molecule has 4 nitrogen and oxygen atoms in total. The molecule has 2 aromatic rings. The number of ether oxygens (including phenoxy) is 1. The van der Waals surface area contributed by atoms with Crippen LogP contribution in [-0.4, -0.2) is 14.8 Å². The zero-order valence-electron chi connectivity index (χ0n) is 11.6. The van der Waals surface area contributed by atoms with E-state index in [0.29, 0.717) is 11.6 Å². The van der Waals surface area contributed by atoms with Gasteiger partial charge in [-0.1, -0.05) is 24.4 Å². The van der Waals surface area contributed by atoms with Crippen molar-refractivity contribution in [2.24, 2.45) is 12.8 Å². The summed E-state index contributed by atoms with van der Waals surface area (Å²) >= 11 is 8.51. The molecule has 6 heteroatoms. The monoisotopic (exact) mass is 353 g/mol. The normalized spacial score (nSPS) is 10.6. The van der Waals surface area contributed by atoms with Gasteiger partial charge in [0.05, 0.1) is 15.9 Å². The van der Waals surface area contributed by atoms with Crippen molar-refractivity contribution in [1.29, 1.82) is 0 Å². The summed E-state index contributed by atoms with van der Waals surface area (Å²) in [6, 6.07) is 5.72. The fraction of sp³-hybridized carbons (Fsp3) is 0.286. The Bertz CT molecular complexity index is 667. The van der Waals surface area contributed by atoms with Crippen LogP contribution >= 0.6 is 28.1 Å². The summed E-state index contributed by atoms with van der Waals surface area (Å²) in [5.74, 6) is 0.779. The van der Waals surface area contributed by atoms with Gasteiger partial charge in [0, 0.05) is 12.6 Å². The Morgan fingerprint density at radius 2 is 2.15 bits per heavy atom. The first-order valence-electron chi connectivity index (χ1n) is 6.11. The van der Waals surface area contributed by atoms with E-state index in [4.69, 9.17) is 22.7 Å². The van der Waals surface area contributed by atoms with E-state index in [2.05, 4.69) is 21.0 Å². The summed E-state index contributed by atoms with van der Waals surface area (Å²) in [6.07, 6.45) is 0. The predicted octanol–water partition coefficient (Wildman–Crippen LogP) is 3.01. The number of aromatic nitrogens is 2. The van der Waals surface area contributed by atoms with Crippen molar-refractivity contribution in [3.05, 3.63) is 45.2 Å². The van der Waals surface area contributed by atoms with Crippen LogP contribution in [0.2, 0.25) is 0 Å². The molecule has 0 aliphatic heterocycles. The van der Waals surface area contributed by atoms with Gasteiger partial charge < -0.3 is 10.5 Å². The third kappa shape index (κ3) is 3.02. The van der Waals surface area contributed by atoms with Crippen LogP contribution in [0.3, 0.4) is 0 Å². The van der Waals surface area contributed by atoms with Gasteiger partial charge in [-0.2, -0.15) is 5.10 Å². The molecular formula is C14H16BrN3OS. The molecule has 0 saturated heterocycles. The highest BCUT2D eigenvalue weighted by atomic mass is 79.9. The van der Waals surface area contributed by atoms with Gasteiger partial charge in [-0.05, 0) is 41.4 Å². The SMILES string of the molecule is Cc1ccc(C(N)=S)cc1OCc1c(Br)c(C)nn1C. The highest BCUT2D eigenvalue weighted by Crippen LogP contribution is 2.24. The average molecular weight is 354 g/mol. The van der Waals surface area contributed by atoms with Crippen LogP contribution in [0.25, 0.3) is 0 Å². The lowest BCUT2D eigenvalue weighted by molar-refractivity contribution is 0.292. The molecule has 2 rings (SSSR count). The molecule has 0 aliphatic carbocycles. The van der Waals surface area contributed by atoms with E-state index in [9.17, 15) is 0 Å². The molecule has 0 unspecified atom stereocenters. The number of hydrogen-bond acceptors (Lipinski definition) is 3. The molecule has 0 atom stereocenters. The lowest BCUT2D eigenvalue weighted by Crippen LogP contribution is -2.10. The fourth-order valence-electron chi connectivity index (χ4n) is 1.89. The number of hydrogen-bond donors (Lipinski definition) is 1. The van der Waals surface area contributed by atoms with Crippen molar-refractivity contribution in [2.45, 2.75) is 20.5 Å². The zero-order valence-corrected chi connectivity index (χ0v) is 14.0. The van der Waals surface area contributed by atoms with Gasteiger partial charge in [-0.3, -0.25) is 4.68 Å². The van der Waals surface area contributed by atoms with E-state index < -0.39 is 0 Å². The number of thiocarbonyl (C=S) groups is 1.